The van der Waals surface area contributed by atoms with Gasteiger partial charge in [0.05, 0.1) is 4.88 Å². The molecule has 2 aromatic rings. The van der Waals surface area contributed by atoms with Crippen molar-refractivity contribution in [1.29, 1.82) is 0 Å². The van der Waals surface area contributed by atoms with Crippen LogP contribution < -0.4 is 5.32 Å². The summed E-state index contributed by atoms with van der Waals surface area (Å²) in [4.78, 5) is 16.7. The van der Waals surface area contributed by atoms with Gasteiger partial charge >= 0.3 is 0 Å². The first-order valence-corrected chi connectivity index (χ1v) is 8.63. The van der Waals surface area contributed by atoms with Crippen LogP contribution in [0.4, 0.5) is 5.69 Å². The van der Waals surface area contributed by atoms with E-state index in [9.17, 15) is 4.79 Å². The Balaban J connectivity index is 1.56. The minimum Gasteiger partial charge on any atom is -0.382 e. The van der Waals surface area contributed by atoms with Crippen LogP contribution in [0.2, 0.25) is 0 Å². The molecule has 0 saturated carbocycles. The highest BCUT2D eigenvalue weighted by atomic mass is 32.1. The van der Waals surface area contributed by atoms with E-state index < -0.39 is 0 Å². The summed E-state index contributed by atoms with van der Waals surface area (Å²) in [6, 6.07) is 12.8. The SMILES string of the molecule is Cc1cc(C(=O)N2CCC(Nc3ccccc3)CC2)sc1C. The molecule has 0 atom stereocenters. The van der Waals surface area contributed by atoms with Crippen molar-refractivity contribution in [3.8, 4) is 0 Å². The number of piperidine rings is 1. The van der Waals surface area contributed by atoms with Gasteiger partial charge in [-0.2, -0.15) is 0 Å². The summed E-state index contributed by atoms with van der Waals surface area (Å²) >= 11 is 1.61. The van der Waals surface area contributed by atoms with Crippen LogP contribution >= 0.6 is 11.3 Å². The molecule has 1 aliphatic rings. The van der Waals surface area contributed by atoms with Gasteiger partial charge in [-0.25, -0.2) is 0 Å². The normalized spacial score (nSPS) is 15.8. The predicted molar refractivity (Wildman–Crippen MR) is 92.8 cm³/mol. The number of nitrogens with one attached hydrogen (secondary N) is 1. The van der Waals surface area contributed by atoms with Crippen LogP contribution in [0, 0.1) is 13.8 Å². The van der Waals surface area contributed by atoms with Crippen LogP contribution in [0.25, 0.3) is 0 Å². The molecule has 1 aromatic heterocycles. The second-order valence-corrected chi connectivity index (χ2v) is 7.18. The highest BCUT2D eigenvalue weighted by molar-refractivity contribution is 7.14. The number of carbonyl (C=O) groups excluding carboxylic acids is 1. The minimum absolute atomic E-state index is 0.194. The lowest BCUT2D eigenvalue weighted by Gasteiger charge is -2.32. The average molecular weight is 314 g/mol. The molecule has 1 aliphatic heterocycles. The molecule has 1 amide bonds. The molecule has 1 N–H and O–H groups in total. The zero-order valence-electron chi connectivity index (χ0n) is 13.1. The highest BCUT2D eigenvalue weighted by Crippen LogP contribution is 2.24. The van der Waals surface area contributed by atoms with Gasteiger partial charge < -0.3 is 10.2 Å². The fourth-order valence-electron chi connectivity index (χ4n) is 2.83. The summed E-state index contributed by atoms with van der Waals surface area (Å²) in [7, 11) is 0. The molecule has 4 heteroatoms. The number of hydrogen-bond donors (Lipinski definition) is 1. The van der Waals surface area contributed by atoms with Crippen molar-refractivity contribution in [3.05, 3.63) is 51.7 Å². The van der Waals surface area contributed by atoms with Gasteiger partial charge in [0.25, 0.3) is 5.91 Å². The number of carbonyl (C=O) groups is 1. The Morgan fingerprint density at radius 3 is 2.45 bits per heavy atom. The molecular weight excluding hydrogens is 292 g/mol. The molecule has 116 valence electrons. The second kappa shape index (κ2) is 6.53. The van der Waals surface area contributed by atoms with E-state index in [2.05, 4.69) is 31.3 Å². The number of likely N-dealkylation sites (tertiary alicyclic amines) is 1. The number of nitrogens with zero attached hydrogens (tertiary/aromatic N) is 1. The zero-order chi connectivity index (χ0) is 15.5. The summed E-state index contributed by atoms with van der Waals surface area (Å²) < 4.78 is 0. The lowest BCUT2D eigenvalue weighted by atomic mass is 10.0. The van der Waals surface area contributed by atoms with Gasteiger partial charge in [-0.3, -0.25) is 4.79 Å². The van der Waals surface area contributed by atoms with Gasteiger partial charge in [0.2, 0.25) is 0 Å². The first-order chi connectivity index (χ1) is 10.6. The number of para-hydroxylation sites is 1. The molecule has 0 spiro atoms. The van der Waals surface area contributed by atoms with Gasteiger partial charge in [-0.15, -0.1) is 11.3 Å². The summed E-state index contributed by atoms with van der Waals surface area (Å²) in [6.45, 7) is 5.81. The highest BCUT2D eigenvalue weighted by Gasteiger charge is 2.24. The standard InChI is InChI=1S/C18H22N2OS/c1-13-12-17(22-14(13)2)18(21)20-10-8-16(9-11-20)19-15-6-4-3-5-7-15/h3-7,12,16,19H,8-11H2,1-2H3. The largest absolute Gasteiger partial charge is 0.382 e. The van der Waals surface area contributed by atoms with Gasteiger partial charge in [0, 0.05) is 29.7 Å². The summed E-state index contributed by atoms with van der Waals surface area (Å²) in [5.41, 5.74) is 2.38. The van der Waals surface area contributed by atoms with Gasteiger partial charge in [0.1, 0.15) is 0 Å². The van der Waals surface area contributed by atoms with Crippen LogP contribution in [0.5, 0.6) is 0 Å². The molecule has 0 aliphatic carbocycles. The van der Waals surface area contributed by atoms with Crippen LogP contribution in [0.1, 0.15) is 33.0 Å². The fraction of sp³-hybridized carbons (Fsp3) is 0.389. The first-order valence-electron chi connectivity index (χ1n) is 7.81. The maximum Gasteiger partial charge on any atom is 0.263 e. The van der Waals surface area contributed by atoms with Crippen LogP contribution in [0.15, 0.2) is 36.4 Å². The lowest BCUT2D eigenvalue weighted by Crippen LogP contribution is -2.42. The minimum atomic E-state index is 0.194. The van der Waals surface area contributed by atoms with Crippen LogP contribution in [-0.2, 0) is 0 Å². The maximum absolute atomic E-state index is 12.5. The summed E-state index contributed by atoms with van der Waals surface area (Å²) in [5, 5.41) is 3.56. The monoisotopic (exact) mass is 314 g/mol. The molecule has 0 bridgehead atoms. The Labute approximate surface area is 136 Å². The molecule has 3 rings (SSSR count). The van der Waals surface area contributed by atoms with Crippen molar-refractivity contribution >= 4 is 22.9 Å². The van der Waals surface area contributed by atoms with Gasteiger partial charge in [-0.1, -0.05) is 18.2 Å². The Hall–Kier alpha value is -1.81. The molecule has 2 heterocycles. The van der Waals surface area contributed by atoms with Crippen molar-refractivity contribution in [1.82, 2.24) is 4.90 Å². The third-order valence-electron chi connectivity index (χ3n) is 4.30. The van der Waals surface area contributed by atoms with Crippen molar-refractivity contribution in [3.63, 3.8) is 0 Å². The zero-order valence-corrected chi connectivity index (χ0v) is 14.0. The molecule has 22 heavy (non-hydrogen) atoms. The number of aryl methyl sites for hydroxylation is 2. The summed E-state index contributed by atoms with van der Waals surface area (Å²) in [6.07, 6.45) is 2.01. The smallest absolute Gasteiger partial charge is 0.263 e. The van der Waals surface area contributed by atoms with E-state index in [0.717, 1.165) is 36.5 Å². The Bertz CT molecular complexity index is 623. The molecule has 1 fully saturated rings. The Morgan fingerprint density at radius 1 is 1.18 bits per heavy atom. The van der Waals surface area contributed by atoms with Crippen LogP contribution in [-0.4, -0.2) is 29.9 Å². The van der Waals surface area contributed by atoms with Gasteiger partial charge in [0.15, 0.2) is 0 Å². The van der Waals surface area contributed by atoms with E-state index >= 15 is 0 Å². The van der Waals surface area contributed by atoms with E-state index in [1.165, 1.54) is 10.4 Å². The van der Waals surface area contributed by atoms with E-state index in [1.54, 1.807) is 11.3 Å². The Morgan fingerprint density at radius 2 is 1.86 bits per heavy atom. The van der Waals surface area contributed by atoms with E-state index in [4.69, 9.17) is 0 Å². The van der Waals surface area contributed by atoms with Crippen LogP contribution in [0.3, 0.4) is 0 Å². The number of thiophene rings is 1. The Kier molecular flexibility index (Phi) is 4.48. The topological polar surface area (TPSA) is 32.3 Å². The summed E-state index contributed by atoms with van der Waals surface area (Å²) in [5.74, 6) is 0.194. The molecule has 0 radical (unpaired) electrons. The number of amides is 1. The molecule has 3 nitrogen and oxygen atoms in total. The number of rotatable bonds is 3. The number of hydrogen-bond acceptors (Lipinski definition) is 3. The third kappa shape index (κ3) is 3.33. The first kappa shape index (κ1) is 15.1. The van der Waals surface area contributed by atoms with Crippen molar-refractivity contribution < 1.29 is 4.79 Å². The van der Waals surface area contributed by atoms with Crippen molar-refractivity contribution in [2.24, 2.45) is 0 Å². The molecule has 1 saturated heterocycles. The quantitative estimate of drug-likeness (QED) is 0.926. The fourth-order valence-corrected chi connectivity index (χ4v) is 3.83. The lowest BCUT2D eigenvalue weighted by molar-refractivity contribution is 0.0723. The second-order valence-electron chi connectivity index (χ2n) is 5.93. The van der Waals surface area contributed by atoms with E-state index in [0.29, 0.717) is 6.04 Å². The number of anilines is 1. The van der Waals surface area contributed by atoms with Gasteiger partial charge in [-0.05, 0) is 50.5 Å². The third-order valence-corrected chi connectivity index (χ3v) is 5.44. The number of benzene rings is 1. The molecule has 0 unspecified atom stereocenters. The predicted octanol–water partition coefficient (Wildman–Crippen LogP) is 4.08. The molecular formula is C18H22N2OS. The average Bonchev–Trinajstić information content (AvgIpc) is 2.88. The molecule has 1 aromatic carbocycles. The van der Waals surface area contributed by atoms with E-state index in [-0.39, 0.29) is 5.91 Å². The van der Waals surface area contributed by atoms with Crippen molar-refractivity contribution in [2.45, 2.75) is 32.7 Å². The maximum atomic E-state index is 12.5. The van der Waals surface area contributed by atoms with Crippen molar-refractivity contribution in [2.75, 3.05) is 18.4 Å². The van der Waals surface area contributed by atoms with E-state index in [1.807, 2.05) is 29.2 Å².